The van der Waals surface area contributed by atoms with Crippen molar-refractivity contribution in [2.45, 2.75) is 13.5 Å². The highest BCUT2D eigenvalue weighted by molar-refractivity contribution is 6.20. The predicted molar refractivity (Wildman–Crippen MR) is 99.0 cm³/mol. The van der Waals surface area contributed by atoms with E-state index in [-0.39, 0.29) is 5.88 Å². The van der Waals surface area contributed by atoms with Crippen LogP contribution in [0.3, 0.4) is 0 Å². The molecule has 0 fully saturated rings. The van der Waals surface area contributed by atoms with Gasteiger partial charge in [-0.2, -0.15) is 4.98 Å². The lowest BCUT2D eigenvalue weighted by Gasteiger charge is -2.03. The third kappa shape index (κ3) is 3.14. The Morgan fingerprint density at radius 2 is 2.16 bits per heavy atom. The average Bonchev–Trinajstić information content (AvgIpc) is 3.18. The molecule has 1 aromatic carbocycles. The number of nitrogens with zero attached hydrogens (tertiary/aromatic N) is 3. The molecule has 0 aliphatic carbocycles. The molecule has 3 heterocycles. The normalized spacial score (nSPS) is 14.0. The van der Waals surface area contributed by atoms with Gasteiger partial charge in [0, 0.05) is 30.1 Å². The summed E-state index contributed by atoms with van der Waals surface area (Å²) in [6, 6.07) is 12.0. The molecule has 0 amide bonds. The number of benzene rings is 1. The number of hydrogen-bond donors (Lipinski definition) is 3. The standard InChI is InChI=1S/C19H17N5O/c1-12-4-2-5-13(8-12)10-22-19-23-16(18(25)24-19)9-14-11-21-17-15(14)6-3-7-20-17/h2-9,11,25H,10H2,1H3,(H2,22,23,24). The summed E-state index contributed by atoms with van der Waals surface area (Å²) in [5.41, 5.74) is 4.71. The van der Waals surface area contributed by atoms with Gasteiger partial charge in [-0.25, -0.2) is 9.98 Å². The molecule has 0 unspecified atom stereocenters. The Hall–Kier alpha value is -3.41. The molecule has 1 aliphatic heterocycles. The molecule has 3 N–H and O–H groups in total. The van der Waals surface area contributed by atoms with Crippen LogP contribution >= 0.6 is 0 Å². The van der Waals surface area contributed by atoms with E-state index in [0.717, 1.165) is 16.7 Å². The maximum Gasteiger partial charge on any atom is 0.238 e. The van der Waals surface area contributed by atoms with Crippen LogP contribution in [-0.4, -0.2) is 26.3 Å². The molecule has 0 bridgehead atoms. The van der Waals surface area contributed by atoms with Crippen LogP contribution < -0.4 is 5.32 Å². The van der Waals surface area contributed by atoms with Crippen molar-refractivity contribution >= 4 is 29.6 Å². The van der Waals surface area contributed by atoms with Gasteiger partial charge in [-0.15, -0.1) is 0 Å². The van der Waals surface area contributed by atoms with Crippen LogP contribution in [0.5, 0.6) is 5.88 Å². The van der Waals surface area contributed by atoms with Crippen LogP contribution in [-0.2, 0) is 6.54 Å². The van der Waals surface area contributed by atoms with Gasteiger partial charge in [-0.1, -0.05) is 29.8 Å². The van der Waals surface area contributed by atoms with E-state index in [1.54, 1.807) is 12.4 Å². The van der Waals surface area contributed by atoms with Crippen molar-refractivity contribution < 1.29 is 5.11 Å². The highest BCUT2D eigenvalue weighted by Gasteiger charge is 2.14. The second-order valence-corrected chi connectivity index (χ2v) is 5.90. The highest BCUT2D eigenvalue weighted by atomic mass is 16.3. The fourth-order valence-electron chi connectivity index (χ4n) is 2.77. The molecule has 0 atom stereocenters. The minimum atomic E-state index is -0.0509. The van der Waals surface area contributed by atoms with E-state index in [2.05, 4.69) is 44.3 Å². The average molecular weight is 331 g/mol. The molecule has 3 aromatic rings. The molecular formula is C19H17N5O. The van der Waals surface area contributed by atoms with E-state index in [1.807, 2.05) is 30.3 Å². The van der Waals surface area contributed by atoms with Crippen LogP contribution in [0.4, 0.5) is 11.8 Å². The van der Waals surface area contributed by atoms with Crippen LogP contribution in [0, 0.1) is 6.92 Å². The van der Waals surface area contributed by atoms with Gasteiger partial charge >= 0.3 is 0 Å². The number of hydrogen-bond acceptors (Lipinski definition) is 5. The van der Waals surface area contributed by atoms with Crippen molar-refractivity contribution in [3.8, 4) is 5.88 Å². The number of fused-ring (bicyclic) bond motifs is 1. The van der Waals surface area contributed by atoms with Gasteiger partial charge in [0.1, 0.15) is 5.69 Å². The number of rotatable bonds is 4. The van der Waals surface area contributed by atoms with Crippen molar-refractivity contribution in [3.63, 3.8) is 0 Å². The highest BCUT2D eigenvalue weighted by Crippen LogP contribution is 2.31. The predicted octanol–water partition coefficient (Wildman–Crippen LogP) is 3.69. The molecule has 6 heteroatoms. The summed E-state index contributed by atoms with van der Waals surface area (Å²) < 4.78 is 0. The minimum Gasteiger partial charge on any atom is -0.492 e. The van der Waals surface area contributed by atoms with Crippen LogP contribution in [0.2, 0.25) is 0 Å². The Labute approximate surface area is 145 Å². The second-order valence-electron chi connectivity index (χ2n) is 5.90. The molecule has 0 saturated heterocycles. The third-order valence-electron chi connectivity index (χ3n) is 3.98. The first kappa shape index (κ1) is 15.1. The van der Waals surface area contributed by atoms with Crippen LogP contribution in [0.1, 0.15) is 22.4 Å². The number of nitrogens with one attached hydrogen (secondary N) is 2. The van der Waals surface area contributed by atoms with Gasteiger partial charge in [0.05, 0.1) is 0 Å². The minimum absolute atomic E-state index is 0.0509. The third-order valence-corrected chi connectivity index (χ3v) is 3.98. The van der Waals surface area contributed by atoms with E-state index in [9.17, 15) is 5.11 Å². The largest absolute Gasteiger partial charge is 0.492 e. The zero-order valence-corrected chi connectivity index (χ0v) is 13.7. The summed E-state index contributed by atoms with van der Waals surface area (Å²) in [5, 5.41) is 13.3. The van der Waals surface area contributed by atoms with Gasteiger partial charge in [0.25, 0.3) is 0 Å². The van der Waals surface area contributed by atoms with Gasteiger partial charge in [0.15, 0.2) is 5.82 Å². The maximum absolute atomic E-state index is 10.1. The molecule has 0 spiro atoms. The monoisotopic (exact) mass is 331 g/mol. The van der Waals surface area contributed by atoms with E-state index in [1.165, 1.54) is 5.56 Å². The van der Waals surface area contributed by atoms with E-state index >= 15 is 0 Å². The maximum atomic E-state index is 10.1. The summed E-state index contributed by atoms with van der Waals surface area (Å²) in [4.78, 5) is 15.7. The van der Waals surface area contributed by atoms with Crippen molar-refractivity contribution in [1.29, 1.82) is 0 Å². The number of aromatic nitrogens is 3. The lowest BCUT2D eigenvalue weighted by atomic mass is 10.1. The number of aromatic amines is 1. The number of imidazole rings is 1. The molecule has 0 saturated carbocycles. The van der Waals surface area contributed by atoms with Crippen molar-refractivity contribution in [1.82, 2.24) is 15.0 Å². The molecule has 1 aliphatic rings. The molecule has 0 radical (unpaired) electrons. The van der Waals surface area contributed by atoms with Crippen molar-refractivity contribution in [2.24, 2.45) is 4.99 Å². The Morgan fingerprint density at radius 3 is 3.04 bits per heavy atom. The Balaban J connectivity index is 1.53. The second kappa shape index (κ2) is 6.24. The first-order chi connectivity index (χ1) is 12.2. The lowest BCUT2D eigenvalue weighted by molar-refractivity contribution is 0.455. The number of H-pyrrole nitrogens is 1. The molecule has 4 rings (SSSR count). The molecule has 124 valence electrons. The van der Waals surface area contributed by atoms with E-state index in [0.29, 0.717) is 24.0 Å². The number of allylic oxidation sites excluding steroid dienone is 1. The Kier molecular flexibility index (Phi) is 3.78. The zero-order valence-electron chi connectivity index (χ0n) is 13.7. The lowest BCUT2D eigenvalue weighted by Crippen LogP contribution is -2.01. The first-order valence-electron chi connectivity index (χ1n) is 7.98. The fraction of sp³-hybridized carbons (Fsp3) is 0.105. The van der Waals surface area contributed by atoms with Gasteiger partial charge in [-0.3, -0.25) is 0 Å². The summed E-state index contributed by atoms with van der Waals surface area (Å²) >= 11 is 0. The first-order valence-corrected chi connectivity index (χ1v) is 7.98. The summed E-state index contributed by atoms with van der Waals surface area (Å²) in [6.45, 7) is 2.68. The summed E-state index contributed by atoms with van der Waals surface area (Å²) in [7, 11) is 0. The van der Waals surface area contributed by atoms with E-state index in [4.69, 9.17) is 0 Å². The number of anilines is 1. The summed E-state index contributed by atoms with van der Waals surface area (Å²) in [6.07, 6.45) is 5.26. The molecular weight excluding hydrogens is 314 g/mol. The van der Waals surface area contributed by atoms with Crippen LogP contribution in [0.15, 0.2) is 47.6 Å². The van der Waals surface area contributed by atoms with Gasteiger partial charge in [0.2, 0.25) is 11.8 Å². The SMILES string of the molecule is Cc1cccc(CNc2nc(O)c(C=C3C=Nc4ncccc43)[nH]2)c1. The summed E-state index contributed by atoms with van der Waals surface area (Å²) in [5.74, 6) is 1.16. The Morgan fingerprint density at radius 1 is 1.24 bits per heavy atom. The van der Waals surface area contributed by atoms with Crippen molar-refractivity contribution in [2.75, 3.05) is 5.32 Å². The molecule has 25 heavy (non-hydrogen) atoms. The zero-order chi connectivity index (χ0) is 17.2. The Bertz CT molecular complexity index is 987. The van der Waals surface area contributed by atoms with Gasteiger partial charge in [-0.05, 0) is 30.7 Å². The molecule has 6 nitrogen and oxygen atoms in total. The topological polar surface area (TPSA) is 86.2 Å². The van der Waals surface area contributed by atoms with E-state index < -0.39 is 0 Å². The molecule has 2 aromatic heterocycles. The quantitative estimate of drug-likeness (QED) is 0.680. The number of aryl methyl sites for hydroxylation is 1. The number of aromatic hydroxyl groups is 1. The number of aliphatic imine (C=N–C) groups is 1. The van der Waals surface area contributed by atoms with Crippen LogP contribution in [0.25, 0.3) is 11.6 Å². The fourth-order valence-corrected chi connectivity index (χ4v) is 2.77. The van der Waals surface area contributed by atoms with Gasteiger partial charge < -0.3 is 15.4 Å². The number of pyridine rings is 1. The van der Waals surface area contributed by atoms with Crippen molar-refractivity contribution in [3.05, 3.63) is 65.0 Å². The smallest absolute Gasteiger partial charge is 0.238 e.